The van der Waals surface area contributed by atoms with E-state index in [-0.39, 0.29) is 29.5 Å². The first kappa shape index (κ1) is 23.9. The molecule has 1 amide bonds. The molecule has 2 heterocycles. The van der Waals surface area contributed by atoms with Crippen LogP contribution in [0.1, 0.15) is 27.9 Å². The normalized spacial score (nSPS) is 10.9. The van der Waals surface area contributed by atoms with E-state index >= 15 is 0 Å². The van der Waals surface area contributed by atoms with E-state index in [9.17, 15) is 9.59 Å². The van der Waals surface area contributed by atoms with Gasteiger partial charge in [-0.05, 0) is 81.6 Å². The third-order valence-electron chi connectivity index (χ3n) is 5.94. The zero-order chi connectivity index (χ0) is 25.3. The Balaban J connectivity index is 1.64. The van der Waals surface area contributed by atoms with E-state index in [4.69, 9.17) is 9.26 Å². The molecule has 4 aromatic rings. The van der Waals surface area contributed by atoms with Crippen molar-refractivity contribution in [2.45, 2.75) is 41.2 Å². The highest BCUT2D eigenvalue weighted by molar-refractivity contribution is 5.92. The molecule has 1 N–H and O–H groups in total. The molecular formula is C27H28N4O4. The van der Waals surface area contributed by atoms with Crippen molar-refractivity contribution in [1.29, 1.82) is 0 Å². The van der Waals surface area contributed by atoms with Crippen molar-refractivity contribution in [2.75, 3.05) is 12.4 Å². The summed E-state index contributed by atoms with van der Waals surface area (Å²) >= 11 is 0. The summed E-state index contributed by atoms with van der Waals surface area (Å²) in [5.74, 6) is 0.892. The fraction of sp³-hybridized carbons (Fsp3) is 0.259. The van der Waals surface area contributed by atoms with E-state index in [0.29, 0.717) is 22.8 Å². The van der Waals surface area contributed by atoms with E-state index in [2.05, 4.69) is 15.5 Å². The van der Waals surface area contributed by atoms with Crippen molar-refractivity contribution in [2.24, 2.45) is 0 Å². The van der Waals surface area contributed by atoms with Gasteiger partial charge in [0.2, 0.25) is 11.7 Å². The van der Waals surface area contributed by atoms with Crippen LogP contribution in [0, 0.1) is 34.6 Å². The number of nitrogens with zero attached hydrogens (tertiary/aromatic N) is 3. The van der Waals surface area contributed by atoms with Crippen LogP contribution >= 0.6 is 0 Å². The first-order valence-electron chi connectivity index (χ1n) is 11.2. The Morgan fingerprint density at radius 1 is 1.00 bits per heavy atom. The van der Waals surface area contributed by atoms with E-state index in [0.717, 1.165) is 27.9 Å². The molecule has 2 aromatic heterocycles. The lowest BCUT2D eigenvalue weighted by Gasteiger charge is -2.15. The number of aromatic nitrogens is 3. The van der Waals surface area contributed by atoms with Crippen molar-refractivity contribution < 1.29 is 14.1 Å². The molecule has 0 fully saturated rings. The highest BCUT2D eigenvalue weighted by Gasteiger charge is 2.20. The van der Waals surface area contributed by atoms with Crippen molar-refractivity contribution in [3.8, 4) is 28.6 Å². The molecule has 8 nitrogen and oxygen atoms in total. The van der Waals surface area contributed by atoms with E-state index in [1.807, 2.05) is 58.0 Å². The molecule has 0 atom stereocenters. The number of hydrogen-bond acceptors (Lipinski definition) is 6. The van der Waals surface area contributed by atoms with Gasteiger partial charge < -0.3 is 19.1 Å². The summed E-state index contributed by atoms with van der Waals surface area (Å²) < 4.78 is 12.1. The number of ether oxygens (including phenoxy) is 1. The van der Waals surface area contributed by atoms with Crippen molar-refractivity contribution >= 4 is 11.6 Å². The minimum Gasteiger partial charge on any atom is -0.497 e. The summed E-state index contributed by atoms with van der Waals surface area (Å²) in [6.45, 7) is 9.39. The van der Waals surface area contributed by atoms with Gasteiger partial charge in [-0.15, -0.1) is 0 Å². The number of methoxy groups -OCH3 is 1. The second-order valence-corrected chi connectivity index (χ2v) is 8.71. The predicted octanol–water partition coefficient (Wildman–Crippen LogP) is 4.75. The maximum absolute atomic E-state index is 13.4. The zero-order valence-electron chi connectivity index (χ0n) is 20.7. The van der Waals surface area contributed by atoms with Gasteiger partial charge in [0.15, 0.2) is 0 Å². The van der Waals surface area contributed by atoms with Gasteiger partial charge in [-0.2, -0.15) is 4.98 Å². The first-order valence-corrected chi connectivity index (χ1v) is 11.2. The molecule has 180 valence electrons. The highest BCUT2D eigenvalue weighted by atomic mass is 16.5. The Morgan fingerprint density at radius 2 is 1.66 bits per heavy atom. The van der Waals surface area contributed by atoms with Gasteiger partial charge in [0.1, 0.15) is 17.9 Å². The third kappa shape index (κ3) is 4.87. The molecular weight excluding hydrogens is 444 g/mol. The summed E-state index contributed by atoms with van der Waals surface area (Å²) in [7, 11) is 1.59. The number of anilines is 1. The zero-order valence-corrected chi connectivity index (χ0v) is 20.7. The minimum atomic E-state index is -0.361. The molecule has 0 radical (unpaired) electrons. The highest BCUT2D eigenvalue weighted by Crippen LogP contribution is 2.25. The van der Waals surface area contributed by atoms with Gasteiger partial charge in [0, 0.05) is 16.9 Å². The van der Waals surface area contributed by atoms with Gasteiger partial charge in [0.25, 0.3) is 11.4 Å². The Hall–Kier alpha value is -4.20. The largest absolute Gasteiger partial charge is 0.497 e. The molecule has 0 aliphatic carbocycles. The van der Waals surface area contributed by atoms with Gasteiger partial charge in [0.05, 0.1) is 7.11 Å². The van der Waals surface area contributed by atoms with Crippen LogP contribution in [0.2, 0.25) is 0 Å². The smallest absolute Gasteiger partial charge is 0.264 e. The molecule has 35 heavy (non-hydrogen) atoms. The third-order valence-corrected chi connectivity index (χ3v) is 5.94. The second kappa shape index (κ2) is 9.58. The summed E-state index contributed by atoms with van der Waals surface area (Å²) in [5.41, 5.74) is 5.84. The maximum Gasteiger partial charge on any atom is 0.264 e. The fourth-order valence-corrected chi connectivity index (χ4v) is 4.27. The number of aryl methyl sites for hydroxylation is 5. The van der Waals surface area contributed by atoms with Gasteiger partial charge >= 0.3 is 0 Å². The summed E-state index contributed by atoms with van der Waals surface area (Å²) in [6.07, 6.45) is 0. The summed E-state index contributed by atoms with van der Waals surface area (Å²) in [4.78, 5) is 30.8. The lowest BCUT2D eigenvalue weighted by Crippen LogP contribution is -2.31. The monoisotopic (exact) mass is 472 g/mol. The standard InChI is InChI=1S/C27H28N4O4/c1-15-11-17(3)24(18(4)12-15)28-22(32)14-31-19(5)13-16(2)23(27(31)33)26-29-25(30-35-26)20-7-9-21(34-6)10-8-20/h7-13H,14H2,1-6H3,(H,28,32). The van der Waals surface area contributed by atoms with E-state index in [1.54, 1.807) is 26.2 Å². The van der Waals surface area contributed by atoms with Crippen molar-refractivity contribution in [3.63, 3.8) is 0 Å². The number of carbonyl (C=O) groups is 1. The van der Waals surface area contributed by atoms with Crippen LogP contribution in [-0.4, -0.2) is 27.7 Å². The Kier molecular flexibility index (Phi) is 6.55. The molecule has 4 rings (SSSR count). The van der Waals surface area contributed by atoms with Crippen LogP contribution in [0.3, 0.4) is 0 Å². The molecule has 8 heteroatoms. The SMILES string of the molecule is COc1ccc(-c2noc(-c3c(C)cc(C)n(CC(=O)Nc4c(C)cc(C)cc4C)c3=O)n2)cc1. The van der Waals surface area contributed by atoms with Crippen LogP contribution in [-0.2, 0) is 11.3 Å². The first-order chi connectivity index (χ1) is 16.7. The van der Waals surface area contributed by atoms with Crippen molar-refractivity contribution in [1.82, 2.24) is 14.7 Å². The van der Waals surface area contributed by atoms with Crippen LogP contribution < -0.4 is 15.6 Å². The quantitative estimate of drug-likeness (QED) is 0.435. The second-order valence-electron chi connectivity index (χ2n) is 8.71. The Morgan fingerprint density at radius 3 is 2.29 bits per heavy atom. The molecule has 0 spiro atoms. The van der Waals surface area contributed by atoms with Gasteiger partial charge in [-0.25, -0.2) is 0 Å². The van der Waals surface area contributed by atoms with Crippen LogP contribution in [0.25, 0.3) is 22.8 Å². The van der Waals surface area contributed by atoms with Crippen molar-refractivity contribution in [3.05, 3.63) is 80.8 Å². The lowest BCUT2D eigenvalue weighted by molar-refractivity contribution is -0.116. The van der Waals surface area contributed by atoms with Crippen LogP contribution in [0.15, 0.2) is 51.8 Å². The fourth-order valence-electron chi connectivity index (χ4n) is 4.27. The molecule has 0 saturated carbocycles. The van der Waals surface area contributed by atoms with E-state index < -0.39 is 0 Å². The number of amides is 1. The topological polar surface area (TPSA) is 99.3 Å². The van der Waals surface area contributed by atoms with Gasteiger partial charge in [-0.3, -0.25) is 9.59 Å². The van der Waals surface area contributed by atoms with E-state index in [1.165, 1.54) is 4.57 Å². The van der Waals surface area contributed by atoms with Crippen LogP contribution in [0.4, 0.5) is 5.69 Å². The lowest BCUT2D eigenvalue weighted by atomic mass is 10.1. The molecule has 0 aliphatic rings. The minimum absolute atomic E-state index is 0.109. The van der Waals surface area contributed by atoms with Gasteiger partial charge in [-0.1, -0.05) is 22.9 Å². The number of carbonyl (C=O) groups excluding carboxylic acids is 1. The molecule has 0 aliphatic heterocycles. The number of nitrogens with one attached hydrogen (secondary N) is 1. The molecule has 2 aromatic carbocycles. The number of rotatable bonds is 6. The Bertz CT molecular complexity index is 1440. The Labute approximate surface area is 203 Å². The average molecular weight is 473 g/mol. The molecule has 0 bridgehead atoms. The summed E-state index contributed by atoms with van der Waals surface area (Å²) in [6, 6.07) is 13.1. The predicted molar refractivity (Wildman–Crippen MR) is 135 cm³/mol. The number of hydrogen-bond donors (Lipinski definition) is 1. The molecule has 0 saturated heterocycles. The maximum atomic E-state index is 13.4. The average Bonchev–Trinajstić information content (AvgIpc) is 3.28. The summed E-state index contributed by atoms with van der Waals surface area (Å²) in [5, 5.41) is 7.00. The molecule has 0 unspecified atom stereocenters. The number of benzene rings is 2. The number of pyridine rings is 1. The van der Waals surface area contributed by atoms with Crippen LogP contribution in [0.5, 0.6) is 5.75 Å².